The van der Waals surface area contributed by atoms with E-state index in [4.69, 9.17) is 9.26 Å². The molecule has 0 radical (unpaired) electrons. The molecule has 1 amide bonds. The van der Waals surface area contributed by atoms with Gasteiger partial charge in [-0.1, -0.05) is 5.16 Å². The van der Waals surface area contributed by atoms with Gasteiger partial charge >= 0.3 is 0 Å². The Morgan fingerprint density at radius 1 is 1.32 bits per heavy atom. The molecule has 2 heterocycles. The van der Waals surface area contributed by atoms with Crippen LogP contribution in [0.25, 0.3) is 0 Å². The van der Waals surface area contributed by atoms with Crippen LogP contribution in [0.4, 0.5) is 0 Å². The van der Waals surface area contributed by atoms with Crippen LogP contribution >= 0.6 is 0 Å². The van der Waals surface area contributed by atoms with Crippen LogP contribution in [0.5, 0.6) is 0 Å². The molecule has 124 valence electrons. The second-order valence-electron chi connectivity index (χ2n) is 6.17. The summed E-state index contributed by atoms with van der Waals surface area (Å²) >= 11 is 0. The van der Waals surface area contributed by atoms with Crippen LogP contribution in [0.2, 0.25) is 0 Å². The van der Waals surface area contributed by atoms with Crippen LogP contribution in [0, 0.1) is 13.8 Å². The first kappa shape index (κ1) is 17.0. The number of amides is 1. The quantitative estimate of drug-likeness (QED) is 0.861. The van der Waals surface area contributed by atoms with Crippen molar-refractivity contribution in [1.82, 2.24) is 15.4 Å². The van der Waals surface area contributed by atoms with Gasteiger partial charge in [-0.2, -0.15) is 0 Å². The van der Waals surface area contributed by atoms with E-state index in [0.717, 1.165) is 36.7 Å². The second kappa shape index (κ2) is 7.74. The fourth-order valence-corrected chi connectivity index (χ4v) is 3.01. The fourth-order valence-electron chi connectivity index (χ4n) is 3.01. The molecule has 22 heavy (non-hydrogen) atoms. The van der Waals surface area contributed by atoms with E-state index >= 15 is 0 Å². The Hall–Kier alpha value is -1.40. The zero-order valence-electron chi connectivity index (χ0n) is 14.0. The molecule has 1 aromatic heterocycles. The lowest BCUT2D eigenvalue weighted by Gasteiger charge is -2.35. The van der Waals surface area contributed by atoms with E-state index in [0.29, 0.717) is 19.4 Å². The highest BCUT2D eigenvalue weighted by atomic mass is 16.5. The Morgan fingerprint density at radius 3 is 2.59 bits per heavy atom. The van der Waals surface area contributed by atoms with Crippen LogP contribution in [0.3, 0.4) is 0 Å². The first-order valence-corrected chi connectivity index (χ1v) is 8.02. The minimum Gasteiger partial charge on any atom is -0.373 e. The van der Waals surface area contributed by atoms with Gasteiger partial charge in [-0.3, -0.25) is 9.69 Å². The maximum Gasteiger partial charge on any atom is 0.220 e. The average Bonchev–Trinajstić information content (AvgIpc) is 2.75. The third-order valence-electron chi connectivity index (χ3n) is 4.03. The standard InChI is InChI=1S/C16H27N3O3/c1-11-9-19(10-12(2)21-11)8-7-17-16(20)6-5-15-13(3)18-22-14(15)4/h11-12H,5-10H2,1-4H3,(H,17,20)/t11-,12-/m1/s1. The van der Waals surface area contributed by atoms with Crippen molar-refractivity contribution in [3.8, 4) is 0 Å². The zero-order chi connectivity index (χ0) is 16.1. The molecule has 1 aromatic rings. The molecule has 0 unspecified atom stereocenters. The normalized spacial score (nSPS) is 22.7. The lowest BCUT2D eigenvalue weighted by Crippen LogP contribution is -2.47. The highest BCUT2D eigenvalue weighted by molar-refractivity contribution is 5.76. The fraction of sp³-hybridized carbons (Fsp3) is 0.750. The largest absolute Gasteiger partial charge is 0.373 e. The molecule has 2 rings (SSSR count). The number of hydrogen-bond donors (Lipinski definition) is 1. The summed E-state index contributed by atoms with van der Waals surface area (Å²) in [6.45, 7) is 11.4. The van der Waals surface area contributed by atoms with Gasteiger partial charge < -0.3 is 14.6 Å². The van der Waals surface area contributed by atoms with E-state index in [1.165, 1.54) is 0 Å². The van der Waals surface area contributed by atoms with Crippen molar-refractivity contribution in [3.63, 3.8) is 0 Å². The van der Waals surface area contributed by atoms with Crippen LogP contribution in [0.15, 0.2) is 4.52 Å². The monoisotopic (exact) mass is 309 g/mol. The van der Waals surface area contributed by atoms with E-state index < -0.39 is 0 Å². The number of morpholine rings is 1. The number of rotatable bonds is 6. The van der Waals surface area contributed by atoms with Gasteiger partial charge in [-0.05, 0) is 34.1 Å². The third-order valence-corrected chi connectivity index (χ3v) is 4.03. The SMILES string of the molecule is Cc1noc(C)c1CCC(=O)NCCN1C[C@@H](C)O[C@H](C)C1. The molecular formula is C16H27N3O3. The van der Waals surface area contributed by atoms with Crippen molar-refractivity contribution in [3.05, 3.63) is 17.0 Å². The van der Waals surface area contributed by atoms with E-state index in [1.54, 1.807) is 0 Å². The van der Waals surface area contributed by atoms with Gasteiger partial charge in [-0.25, -0.2) is 0 Å². The van der Waals surface area contributed by atoms with Gasteiger partial charge in [0.25, 0.3) is 0 Å². The molecule has 1 aliphatic heterocycles. The summed E-state index contributed by atoms with van der Waals surface area (Å²) < 4.78 is 10.8. The van der Waals surface area contributed by atoms with Crippen LogP contribution in [-0.2, 0) is 16.0 Å². The average molecular weight is 309 g/mol. The molecule has 0 aliphatic carbocycles. The molecule has 0 bridgehead atoms. The van der Waals surface area contributed by atoms with Gasteiger partial charge in [0.05, 0.1) is 17.9 Å². The summed E-state index contributed by atoms with van der Waals surface area (Å²) in [4.78, 5) is 14.3. The first-order chi connectivity index (χ1) is 10.5. The van der Waals surface area contributed by atoms with Crippen molar-refractivity contribution < 1.29 is 14.1 Å². The van der Waals surface area contributed by atoms with E-state index in [1.807, 2.05) is 13.8 Å². The summed E-state index contributed by atoms with van der Waals surface area (Å²) in [5.74, 6) is 0.885. The predicted octanol–water partition coefficient (Wildman–Crippen LogP) is 1.45. The number of aryl methyl sites for hydroxylation is 2. The van der Waals surface area contributed by atoms with E-state index in [9.17, 15) is 4.79 Å². The molecule has 0 spiro atoms. The smallest absolute Gasteiger partial charge is 0.220 e. The van der Waals surface area contributed by atoms with E-state index in [2.05, 4.69) is 29.2 Å². The summed E-state index contributed by atoms with van der Waals surface area (Å²) in [5, 5.41) is 6.89. The Balaban J connectivity index is 1.66. The van der Waals surface area contributed by atoms with Crippen LogP contribution in [-0.4, -0.2) is 54.4 Å². The van der Waals surface area contributed by atoms with Crippen molar-refractivity contribution in [2.75, 3.05) is 26.2 Å². The zero-order valence-corrected chi connectivity index (χ0v) is 14.0. The molecule has 1 aliphatic rings. The Bertz CT molecular complexity index is 471. The maximum absolute atomic E-state index is 11.9. The Morgan fingerprint density at radius 2 is 2.00 bits per heavy atom. The second-order valence-corrected chi connectivity index (χ2v) is 6.17. The Kier molecular flexibility index (Phi) is 5.97. The molecule has 2 atom stereocenters. The van der Waals surface area contributed by atoms with Gasteiger partial charge in [0, 0.05) is 38.2 Å². The minimum absolute atomic E-state index is 0.0781. The predicted molar refractivity (Wildman–Crippen MR) is 83.8 cm³/mol. The molecule has 6 nitrogen and oxygen atoms in total. The first-order valence-electron chi connectivity index (χ1n) is 8.02. The molecule has 6 heteroatoms. The summed E-state index contributed by atoms with van der Waals surface area (Å²) in [6.07, 6.45) is 1.68. The number of carbonyl (C=O) groups is 1. The highest BCUT2D eigenvalue weighted by Gasteiger charge is 2.21. The van der Waals surface area contributed by atoms with Crippen molar-refractivity contribution in [2.45, 2.75) is 52.7 Å². The number of ether oxygens (including phenoxy) is 1. The van der Waals surface area contributed by atoms with Crippen LogP contribution < -0.4 is 5.32 Å². The maximum atomic E-state index is 11.9. The van der Waals surface area contributed by atoms with Gasteiger partial charge in [0.15, 0.2) is 0 Å². The van der Waals surface area contributed by atoms with E-state index in [-0.39, 0.29) is 18.1 Å². The summed E-state index contributed by atoms with van der Waals surface area (Å²) in [7, 11) is 0. The molecule has 1 fully saturated rings. The van der Waals surface area contributed by atoms with Gasteiger partial charge in [0.1, 0.15) is 5.76 Å². The van der Waals surface area contributed by atoms with Crippen molar-refractivity contribution in [1.29, 1.82) is 0 Å². The van der Waals surface area contributed by atoms with Crippen LogP contribution in [0.1, 0.15) is 37.3 Å². The molecule has 1 saturated heterocycles. The molecule has 0 aromatic carbocycles. The van der Waals surface area contributed by atoms with Crippen molar-refractivity contribution in [2.24, 2.45) is 0 Å². The number of hydrogen-bond acceptors (Lipinski definition) is 5. The topological polar surface area (TPSA) is 67.6 Å². The summed E-state index contributed by atoms with van der Waals surface area (Å²) in [5.41, 5.74) is 1.92. The molecule has 0 saturated carbocycles. The molecule has 1 N–H and O–H groups in total. The summed E-state index contributed by atoms with van der Waals surface area (Å²) in [6, 6.07) is 0. The number of aromatic nitrogens is 1. The molecular weight excluding hydrogens is 282 g/mol. The Labute approximate surface area is 132 Å². The highest BCUT2D eigenvalue weighted by Crippen LogP contribution is 2.14. The lowest BCUT2D eigenvalue weighted by atomic mass is 10.1. The van der Waals surface area contributed by atoms with Gasteiger partial charge in [0.2, 0.25) is 5.91 Å². The number of nitrogens with zero attached hydrogens (tertiary/aromatic N) is 2. The van der Waals surface area contributed by atoms with Crippen molar-refractivity contribution >= 4 is 5.91 Å². The minimum atomic E-state index is 0.0781. The van der Waals surface area contributed by atoms with Gasteiger partial charge in [-0.15, -0.1) is 0 Å². The number of nitrogens with one attached hydrogen (secondary N) is 1. The lowest BCUT2D eigenvalue weighted by molar-refractivity contribution is -0.121. The third kappa shape index (κ3) is 4.81. The number of carbonyl (C=O) groups excluding carboxylic acids is 1.